The quantitative estimate of drug-likeness (QED) is 0.819. The molecule has 0 saturated carbocycles. The molecule has 0 heterocycles. The summed E-state index contributed by atoms with van der Waals surface area (Å²) in [4.78, 5) is 2.19. The summed E-state index contributed by atoms with van der Waals surface area (Å²) in [5.74, 6) is 0. The second-order valence-electron chi connectivity index (χ2n) is 3.57. The van der Waals surface area contributed by atoms with E-state index in [1.807, 2.05) is 0 Å². The fourth-order valence-corrected chi connectivity index (χ4v) is 3.28. The predicted molar refractivity (Wildman–Crippen MR) is 68.4 cm³/mol. The molecule has 0 aliphatic heterocycles. The van der Waals surface area contributed by atoms with Crippen molar-refractivity contribution >= 4 is 33.2 Å². The molecule has 1 aromatic rings. The number of sulfonamides is 1. The number of nitrogens with two attached hydrogens (primary N) is 1. The Labute approximate surface area is 111 Å². The molecule has 8 heteroatoms. The Morgan fingerprint density at radius 3 is 2.41 bits per heavy atom. The van der Waals surface area contributed by atoms with E-state index in [1.165, 1.54) is 11.1 Å². The van der Waals surface area contributed by atoms with E-state index in [0.717, 1.165) is 0 Å². The Morgan fingerprint density at radius 1 is 1.35 bits per heavy atom. The predicted octanol–water partition coefficient (Wildman–Crippen LogP) is 1.21. The fraction of sp³-hybridized carbons (Fsp3) is 0.333. The lowest BCUT2D eigenvalue weighted by Gasteiger charge is -2.15. The van der Waals surface area contributed by atoms with Crippen molar-refractivity contribution in [1.29, 1.82) is 0 Å². The minimum Gasteiger partial charge on any atom is -0.326 e. The van der Waals surface area contributed by atoms with Crippen molar-refractivity contribution in [3.63, 3.8) is 0 Å². The molecule has 0 aliphatic rings. The molecule has 0 amide bonds. The molecule has 0 saturated heterocycles. The SMILES string of the molecule is CN(C)NS(=O)(=O)c1cc(Cl)cc(CN)c1Cl. The summed E-state index contributed by atoms with van der Waals surface area (Å²) in [6.07, 6.45) is 0. The van der Waals surface area contributed by atoms with Crippen LogP contribution >= 0.6 is 23.2 Å². The van der Waals surface area contributed by atoms with E-state index in [4.69, 9.17) is 28.9 Å². The Hall–Kier alpha value is -0.370. The smallest absolute Gasteiger partial charge is 0.254 e. The van der Waals surface area contributed by atoms with Crippen molar-refractivity contribution in [1.82, 2.24) is 9.84 Å². The zero-order chi connectivity index (χ0) is 13.2. The van der Waals surface area contributed by atoms with Gasteiger partial charge < -0.3 is 5.73 Å². The summed E-state index contributed by atoms with van der Waals surface area (Å²) in [6, 6.07) is 2.83. The van der Waals surface area contributed by atoms with Crippen molar-refractivity contribution in [2.24, 2.45) is 5.73 Å². The lowest BCUT2D eigenvalue weighted by Crippen LogP contribution is -2.36. The van der Waals surface area contributed by atoms with Crippen LogP contribution in [0.15, 0.2) is 17.0 Å². The van der Waals surface area contributed by atoms with Crippen molar-refractivity contribution in [2.45, 2.75) is 11.4 Å². The first-order valence-electron chi connectivity index (χ1n) is 4.65. The number of nitrogens with zero attached hydrogens (tertiary/aromatic N) is 1. The number of hydrogen-bond acceptors (Lipinski definition) is 4. The Morgan fingerprint density at radius 2 is 1.94 bits per heavy atom. The summed E-state index contributed by atoms with van der Waals surface area (Å²) in [6.45, 7) is 0.115. The highest BCUT2D eigenvalue weighted by Crippen LogP contribution is 2.29. The summed E-state index contributed by atoms with van der Waals surface area (Å²) < 4.78 is 23.9. The Kier molecular flexibility index (Phi) is 4.77. The molecule has 0 spiro atoms. The highest BCUT2D eigenvalue weighted by Gasteiger charge is 2.21. The third-order valence-corrected chi connectivity index (χ3v) is 4.17. The number of hydrazine groups is 1. The van der Waals surface area contributed by atoms with Crippen LogP contribution in [0.25, 0.3) is 0 Å². The number of rotatable bonds is 4. The van der Waals surface area contributed by atoms with Gasteiger partial charge in [0, 0.05) is 25.7 Å². The zero-order valence-corrected chi connectivity index (χ0v) is 11.7. The second-order valence-corrected chi connectivity index (χ2v) is 6.01. The maximum Gasteiger partial charge on any atom is 0.254 e. The Bertz CT molecular complexity index is 517. The van der Waals surface area contributed by atoms with E-state index in [1.54, 1.807) is 20.2 Å². The number of halogens is 2. The molecule has 0 aliphatic carbocycles. The first-order valence-corrected chi connectivity index (χ1v) is 6.89. The average Bonchev–Trinajstić information content (AvgIpc) is 2.18. The molecule has 1 rings (SSSR count). The van der Waals surface area contributed by atoms with Gasteiger partial charge >= 0.3 is 0 Å². The molecule has 0 unspecified atom stereocenters. The number of hydrogen-bond donors (Lipinski definition) is 2. The van der Waals surface area contributed by atoms with Gasteiger partial charge in [-0.05, 0) is 17.7 Å². The van der Waals surface area contributed by atoms with Gasteiger partial charge in [-0.2, -0.15) is 0 Å². The van der Waals surface area contributed by atoms with Crippen molar-refractivity contribution in [3.05, 3.63) is 27.7 Å². The maximum atomic E-state index is 11.9. The van der Waals surface area contributed by atoms with E-state index < -0.39 is 10.0 Å². The van der Waals surface area contributed by atoms with E-state index in [-0.39, 0.29) is 21.5 Å². The van der Waals surface area contributed by atoms with Crippen LogP contribution < -0.4 is 10.6 Å². The van der Waals surface area contributed by atoms with Gasteiger partial charge in [-0.1, -0.05) is 23.2 Å². The van der Waals surface area contributed by atoms with Gasteiger partial charge in [0.1, 0.15) is 4.90 Å². The third-order valence-electron chi connectivity index (χ3n) is 1.89. The molecule has 5 nitrogen and oxygen atoms in total. The fourth-order valence-electron chi connectivity index (χ4n) is 1.25. The first-order chi connectivity index (χ1) is 7.77. The molecule has 0 bridgehead atoms. The van der Waals surface area contributed by atoms with Crippen LogP contribution in [0.3, 0.4) is 0 Å². The first kappa shape index (κ1) is 14.7. The topological polar surface area (TPSA) is 75.4 Å². The van der Waals surface area contributed by atoms with Gasteiger partial charge in [-0.15, -0.1) is 4.83 Å². The monoisotopic (exact) mass is 297 g/mol. The normalized spacial score (nSPS) is 12.1. The molecular formula is C9H13Cl2N3O2S. The van der Waals surface area contributed by atoms with E-state index >= 15 is 0 Å². The number of nitrogens with one attached hydrogen (secondary N) is 1. The molecule has 0 atom stereocenters. The van der Waals surface area contributed by atoms with Gasteiger partial charge in [-0.3, -0.25) is 0 Å². The van der Waals surface area contributed by atoms with Crippen LogP contribution in [0.4, 0.5) is 0 Å². The molecule has 17 heavy (non-hydrogen) atoms. The van der Waals surface area contributed by atoms with Crippen LogP contribution in [0.5, 0.6) is 0 Å². The standard InChI is InChI=1S/C9H13Cl2N3O2S/c1-14(2)13-17(15,16)8-4-7(10)3-6(5-12)9(8)11/h3-4,13H,5,12H2,1-2H3. The van der Waals surface area contributed by atoms with Gasteiger partial charge in [0.15, 0.2) is 0 Å². The summed E-state index contributed by atoms with van der Waals surface area (Å²) in [7, 11) is -0.631. The third kappa shape index (κ3) is 3.54. The van der Waals surface area contributed by atoms with Crippen molar-refractivity contribution in [2.75, 3.05) is 14.1 Å². The number of benzene rings is 1. The van der Waals surface area contributed by atoms with Gasteiger partial charge in [-0.25, -0.2) is 13.4 Å². The van der Waals surface area contributed by atoms with Crippen LogP contribution in [-0.4, -0.2) is 27.5 Å². The molecular weight excluding hydrogens is 285 g/mol. The van der Waals surface area contributed by atoms with Crippen molar-refractivity contribution in [3.8, 4) is 0 Å². The van der Waals surface area contributed by atoms with Crippen LogP contribution in [0.1, 0.15) is 5.56 Å². The summed E-state index contributed by atoms with van der Waals surface area (Å²) in [5.41, 5.74) is 5.95. The van der Waals surface area contributed by atoms with Crippen LogP contribution in [-0.2, 0) is 16.6 Å². The van der Waals surface area contributed by atoms with Crippen molar-refractivity contribution < 1.29 is 8.42 Å². The van der Waals surface area contributed by atoms with E-state index in [0.29, 0.717) is 5.56 Å². The maximum absolute atomic E-state index is 11.9. The molecule has 0 radical (unpaired) electrons. The Balaban J connectivity index is 3.36. The molecule has 1 aromatic carbocycles. The van der Waals surface area contributed by atoms with E-state index in [2.05, 4.69) is 4.83 Å². The molecule has 0 fully saturated rings. The molecule has 0 aromatic heterocycles. The highest BCUT2D eigenvalue weighted by molar-refractivity contribution is 7.89. The molecule has 96 valence electrons. The summed E-state index contributed by atoms with van der Waals surface area (Å²) in [5, 5.41) is 1.66. The van der Waals surface area contributed by atoms with Gasteiger partial charge in [0.05, 0.1) is 5.02 Å². The lowest BCUT2D eigenvalue weighted by atomic mass is 10.2. The van der Waals surface area contributed by atoms with E-state index in [9.17, 15) is 8.42 Å². The lowest BCUT2D eigenvalue weighted by molar-refractivity contribution is 0.364. The second kappa shape index (κ2) is 5.51. The minimum absolute atomic E-state index is 0.0826. The minimum atomic E-state index is -3.74. The largest absolute Gasteiger partial charge is 0.326 e. The molecule has 3 N–H and O–H groups in total. The zero-order valence-electron chi connectivity index (χ0n) is 9.37. The van der Waals surface area contributed by atoms with Crippen LogP contribution in [0.2, 0.25) is 10.0 Å². The van der Waals surface area contributed by atoms with Crippen LogP contribution in [0, 0.1) is 0 Å². The van der Waals surface area contributed by atoms with Gasteiger partial charge in [0.2, 0.25) is 0 Å². The highest BCUT2D eigenvalue weighted by atomic mass is 35.5. The average molecular weight is 298 g/mol. The van der Waals surface area contributed by atoms with Gasteiger partial charge in [0.25, 0.3) is 10.0 Å². The summed E-state index contributed by atoms with van der Waals surface area (Å²) >= 11 is 11.8.